The molecule has 1 aliphatic heterocycles. The first-order valence-electron chi connectivity index (χ1n) is 8.61. The standard InChI is InChI=1S/C16H24N6OS.ClH/c1-3-11(4-2)15-19-20-16(24-15)18-14(23)13-7-9-22(21-13)12-6-5-8-17-10-12;/h7,9,11-12,17H,3-6,8,10H2,1-2H3,(H,18,20,23);1H. The second-order valence-corrected chi connectivity index (χ2v) is 7.10. The minimum Gasteiger partial charge on any atom is -0.315 e. The van der Waals surface area contributed by atoms with Gasteiger partial charge in [0.2, 0.25) is 5.13 Å². The summed E-state index contributed by atoms with van der Waals surface area (Å²) < 4.78 is 1.89. The smallest absolute Gasteiger partial charge is 0.277 e. The molecule has 0 saturated carbocycles. The van der Waals surface area contributed by atoms with Crippen molar-refractivity contribution in [3.8, 4) is 0 Å². The van der Waals surface area contributed by atoms with Crippen LogP contribution in [0, 0.1) is 0 Å². The monoisotopic (exact) mass is 384 g/mol. The number of aromatic nitrogens is 4. The molecule has 2 aromatic heterocycles. The first-order valence-corrected chi connectivity index (χ1v) is 9.43. The maximum Gasteiger partial charge on any atom is 0.277 e. The Kier molecular flexibility index (Phi) is 7.34. The minimum atomic E-state index is -0.232. The van der Waals surface area contributed by atoms with Crippen LogP contribution < -0.4 is 10.6 Å². The van der Waals surface area contributed by atoms with Gasteiger partial charge in [0.05, 0.1) is 6.04 Å². The van der Waals surface area contributed by atoms with E-state index in [0.717, 1.165) is 43.8 Å². The second-order valence-electron chi connectivity index (χ2n) is 6.09. The summed E-state index contributed by atoms with van der Waals surface area (Å²) >= 11 is 1.45. The molecule has 0 aliphatic carbocycles. The van der Waals surface area contributed by atoms with E-state index in [0.29, 0.717) is 22.8 Å². The lowest BCUT2D eigenvalue weighted by atomic mass is 10.1. The van der Waals surface area contributed by atoms with Crippen LogP contribution in [0.25, 0.3) is 0 Å². The molecule has 0 aromatic carbocycles. The van der Waals surface area contributed by atoms with Crippen LogP contribution in [0.2, 0.25) is 0 Å². The number of rotatable bonds is 6. The van der Waals surface area contributed by atoms with E-state index in [4.69, 9.17) is 0 Å². The lowest BCUT2D eigenvalue weighted by Crippen LogP contribution is -2.32. The van der Waals surface area contributed by atoms with Crippen molar-refractivity contribution in [3.05, 3.63) is 23.0 Å². The lowest BCUT2D eigenvalue weighted by Gasteiger charge is -2.22. The van der Waals surface area contributed by atoms with Crippen LogP contribution in [0.1, 0.15) is 67.0 Å². The number of hydrogen-bond donors (Lipinski definition) is 2. The molecular weight excluding hydrogens is 360 g/mol. The van der Waals surface area contributed by atoms with Crippen molar-refractivity contribution in [2.24, 2.45) is 0 Å². The van der Waals surface area contributed by atoms with Crippen molar-refractivity contribution < 1.29 is 4.79 Å². The largest absolute Gasteiger partial charge is 0.315 e. The topological polar surface area (TPSA) is 84.7 Å². The summed E-state index contributed by atoms with van der Waals surface area (Å²) in [6, 6.07) is 2.08. The zero-order chi connectivity index (χ0) is 16.9. The Morgan fingerprint density at radius 3 is 2.92 bits per heavy atom. The van der Waals surface area contributed by atoms with Gasteiger partial charge in [0.1, 0.15) is 5.01 Å². The Morgan fingerprint density at radius 1 is 1.44 bits per heavy atom. The van der Waals surface area contributed by atoms with E-state index in [-0.39, 0.29) is 18.3 Å². The van der Waals surface area contributed by atoms with Crippen LogP contribution in [-0.2, 0) is 0 Å². The zero-order valence-corrected chi connectivity index (χ0v) is 16.2. The number of carbonyl (C=O) groups excluding carboxylic acids is 1. The normalized spacial score (nSPS) is 17.3. The third-order valence-electron chi connectivity index (χ3n) is 4.48. The van der Waals surface area contributed by atoms with E-state index < -0.39 is 0 Å². The molecule has 9 heteroatoms. The number of hydrogen-bond acceptors (Lipinski definition) is 6. The molecule has 1 fully saturated rings. The summed E-state index contributed by atoms with van der Waals surface area (Å²) in [6.07, 6.45) is 6.15. The van der Waals surface area contributed by atoms with Gasteiger partial charge in [0, 0.05) is 18.7 Å². The van der Waals surface area contributed by atoms with E-state index in [1.807, 2.05) is 10.9 Å². The maximum absolute atomic E-state index is 12.4. The maximum atomic E-state index is 12.4. The van der Waals surface area contributed by atoms with Crippen LogP contribution in [-0.4, -0.2) is 39.0 Å². The second kappa shape index (κ2) is 9.26. The van der Waals surface area contributed by atoms with Crippen LogP contribution in [0.3, 0.4) is 0 Å². The summed E-state index contributed by atoms with van der Waals surface area (Å²) in [4.78, 5) is 12.4. The van der Waals surface area contributed by atoms with Gasteiger partial charge < -0.3 is 5.32 Å². The Labute approximate surface area is 158 Å². The average molecular weight is 385 g/mol. The molecule has 138 valence electrons. The van der Waals surface area contributed by atoms with E-state index in [2.05, 4.69) is 39.8 Å². The third kappa shape index (κ3) is 4.77. The molecule has 1 atom stereocenters. The molecule has 3 heterocycles. The fourth-order valence-corrected chi connectivity index (χ4v) is 3.98. The quantitative estimate of drug-likeness (QED) is 0.798. The predicted octanol–water partition coefficient (Wildman–Crippen LogP) is 3.24. The first-order chi connectivity index (χ1) is 11.7. The van der Waals surface area contributed by atoms with E-state index in [9.17, 15) is 4.79 Å². The molecular formula is C16H25ClN6OS. The van der Waals surface area contributed by atoms with Crippen molar-refractivity contribution in [2.75, 3.05) is 18.4 Å². The highest BCUT2D eigenvalue weighted by molar-refractivity contribution is 7.15. The highest BCUT2D eigenvalue weighted by Crippen LogP contribution is 2.28. The fraction of sp³-hybridized carbons (Fsp3) is 0.625. The number of nitrogens with one attached hydrogen (secondary N) is 2. The van der Waals surface area contributed by atoms with Crippen LogP contribution in [0.4, 0.5) is 5.13 Å². The summed E-state index contributed by atoms with van der Waals surface area (Å²) in [5.41, 5.74) is 0.417. The molecule has 0 radical (unpaired) electrons. The molecule has 0 bridgehead atoms. The van der Waals surface area contributed by atoms with Crippen molar-refractivity contribution in [3.63, 3.8) is 0 Å². The zero-order valence-electron chi connectivity index (χ0n) is 14.6. The fourth-order valence-electron chi connectivity index (χ4n) is 2.97. The highest BCUT2D eigenvalue weighted by atomic mass is 35.5. The van der Waals surface area contributed by atoms with Crippen LogP contribution in [0.5, 0.6) is 0 Å². The number of amides is 1. The number of nitrogens with zero attached hydrogens (tertiary/aromatic N) is 4. The van der Waals surface area contributed by atoms with Gasteiger partial charge >= 0.3 is 0 Å². The van der Waals surface area contributed by atoms with Crippen LogP contribution in [0.15, 0.2) is 12.3 Å². The summed E-state index contributed by atoms with van der Waals surface area (Å²) in [5, 5.41) is 20.4. The van der Waals surface area contributed by atoms with E-state index in [1.165, 1.54) is 11.3 Å². The van der Waals surface area contributed by atoms with Gasteiger partial charge in [-0.3, -0.25) is 14.8 Å². The molecule has 7 nitrogen and oxygen atoms in total. The molecule has 1 saturated heterocycles. The van der Waals surface area contributed by atoms with Crippen molar-refractivity contribution >= 4 is 34.8 Å². The Bertz CT molecular complexity index is 678. The van der Waals surface area contributed by atoms with Gasteiger partial charge in [0.25, 0.3) is 5.91 Å². The Hall–Kier alpha value is -1.51. The van der Waals surface area contributed by atoms with E-state index >= 15 is 0 Å². The molecule has 1 amide bonds. The van der Waals surface area contributed by atoms with Gasteiger partial charge in [0.15, 0.2) is 5.69 Å². The van der Waals surface area contributed by atoms with E-state index in [1.54, 1.807) is 6.07 Å². The summed E-state index contributed by atoms with van der Waals surface area (Å²) in [5.74, 6) is 0.177. The molecule has 2 aromatic rings. The molecule has 1 unspecified atom stereocenters. The third-order valence-corrected chi connectivity index (χ3v) is 5.48. The first kappa shape index (κ1) is 19.8. The lowest BCUT2D eigenvalue weighted by molar-refractivity contribution is 0.102. The van der Waals surface area contributed by atoms with Gasteiger partial charge in [-0.1, -0.05) is 25.2 Å². The van der Waals surface area contributed by atoms with Gasteiger partial charge in [-0.25, -0.2) is 0 Å². The highest BCUT2D eigenvalue weighted by Gasteiger charge is 2.19. The number of piperidine rings is 1. The molecule has 1 aliphatic rings. The predicted molar refractivity (Wildman–Crippen MR) is 102 cm³/mol. The SMILES string of the molecule is CCC(CC)c1nnc(NC(=O)c2ccn(C3CCCNC3)n2)s1.Cl. The Balaban J connectivity index is 0.00000225. The van der Waals surface area contributed by atoms with Gasteiger partial charge in [-0.2, -0.15) is 5.10 Å². The van der Waals surface area contributed by atoms with Crippen molar-refractivity contribution in [1.29, 1.82) is 0 Å². The number of halogens is 1. The molecule has 2 N–H and O–H groups in total. The number of anilines is 1. The van der Waals surface area contributed by atoms with Crippen molar-refractivity contribution in [1.82, 2.24) is 25.3 Å². The van der Waals surface area contributed by atoms with Gasteiger partial charge in [-0.05, 0) is 38.3 Å². The van der Waals surface area contributed by atoms with Gasteiger partial charge in [-0.15, -0.1) is 22.6 Å². The van der Waals surface area contributed by atoms with Crippen LogP contribution >= 0.6 is 23.7 Å². The van der Waals surface area contributed by atoms with Crippen molar-refractivity contribution in [2.45, 2.75) is 51.5 Å². The number of carbonyl (C=O) groups is 1. The Morgan fingerprint density at radius 2 is 2.24 bits per heavy atom. The summed E-state index contributed by atoms with van der Waals surface area (Å²) in [6.45, 7) is 6.24. The molecule has 0 spiro atoms. The average Bonchev–Trinajstić information content (AvgIpc) is 3.27. The summed E-state index contributed by atoms with van der Waals surface area (Å²) in [7, 11) is 0. The molecule has 3 rings (SSSR count). The molecule has 25 heavy (non-hydrogen) atoms. The minimum absolute atomic E-state index is 0.